The van der Waals surface area contributed by atoms with Gasteiger partial charge < -0.3 is 15.0 Å². The Morgan fingerprint density at radius 3 is 2.54 bits per heavy atom. The van der Waals surface area contributed by atoms with Gasteiger partial charge in [-0.3, -0.25) is 9.59 Å². The summed E-state index contributed by atoms with van der Waals surface area (Å²) in [4.78, 5) is 27.3. The second-order valence-corrected chi connectivity index (χ2v) is 7.05. The summed E-state index contributed by atoms with van der Waals surface area (Å²) in [6.45, 7) is 2.19. The first kappa shape index (κ1) is 19.9. The summed E-state index contributed by atoms with van der Waals surface area (Å²) in [5, 5.41) is 2.80. The van der Waals surface area contributed by atoms with Crippen LogP contribution < -0.4 is 10.1 Å². The van der Waals surface area contributed by atoms with Gasteiger partial charge in [-0.1, -0.05) is 24.6 Å². The Hall–Kier alpha value is -2.89. The molecule has 0 radical (unpaired) electrons. The largest absolute Gasteiger partial charge is 0.497 e. The van der Waals surface area contributed by atoms with Crippen molar-refractivity contribution in [3.63, 3.8) is 0 Å². The number of likely N-dealkylation sites (N-methyl/N-ethyl adjacent to an activating group) is 1. The molecule has 0 spiro atoms. The second kappa shape index (κ2) is 8.42. The SMILES string of the molecule is CCN(CC(=O)Nc1cccc(OC)c1)C(=O)C1(c2cccc(F)c2)CCC1. The van der Waals surface area contributed by atoms with E-state index in [1.165, 1.54) is 12.1 Å². The number of ether oxygens (including phenoxy) is 1. The third-order valence-corrected chi connectivity index (χ3v) is 5.35. The van der Waals surface area contributed by atoms with Crippen molar-refractivity contribution in [2.24, 2.45) is 0 Å². The van der Waals surface area contributed by atoms with Crippen LogP contribution in [-0.2, 0) is 15.0 Å². The number of anilines is 1. The van der Waals surface area contributed by atoms with E-state index in [0.29, 0.717) is 36.4 Å². The smallest absolute Gasteiger partial charge is 0.243 e. The van der Waals surface area contributed by atoms with Crippen molar-refractivity contribution in [2.75, 3.05) is 25.5 Å². The van der Waals surface area contributed by atoms with Crippen molar-refractivity contribution in [1.29, 1.82) is 0 Å². The van der Waals surface area contributed by atoms with Crippen LogP contribution in [0.3, 0.4) is 0 Å². The van der Waals surface area contributed by atoms with Crippen molar-refractivity contribution in [2.45, 2.75) is 31.6 Å². The van der Waals surface area contributed by atoms with Crippen LogP contribution in [0.15, 0.2) is 48.5 Å². The zero-order valence-corrected chi connectivity index (χ0v) is 16.2. The molecule has 0 aliphatic heterocycles. The normalized spacial score (nSPS) is 14.7. The molecule has 1 fully saturated rings. The first-order valence-corrected chi connectivity index (χ1v) is 9.48. The molecule has 1 aliphatic carbocycles. The van der Waals surface area contributed by atoms with Crippen LogP contribution in [-0.4, -0.2) is 36.9 Å². The third kappa shape index (κ3) is 4.01. The molecule has 6 heteroatoms. The summed E-state index contributed by atoms with van der Waals surface area (Å²) >= 11 is 0. The Balaban J connectivity index is 1.73. The lowest BCUT2D eigenvalue weighted by atomic mass is 9.63. The maximum Gasteiger partial charge on any atom is 0.243 e. The molecule has 1 N–H and O–H groups in total. The molecule has 1 saturated carbocycles. The summed E-state index contributed by atoms with van der Waals surface area (Å²) in [7, 11) is 1.56. The van der Waals surface area contributed by atoms with Gasteiger partial charge in [-0.05, 0) is 49.6 Å². The molecule has 0 saturated heterocycles. The topological polar surface area (TPSA) is 58.6 Å². The van der Waals surface area contributed by atoms with Gasteiger partial charge in [0.2, 0.25) is 11.8 Å². The van der Waals surface area contributed by atoms with Crippen molar-refractivity contribution in [1.82, 2.24) is 4.90 Å². The lowest BCUT2D eigenvalue weighted by Gasteiger charge is -2.43. The van der Waals surface area contributed by atoms with Crippen LogP contribution in [0.25, 0.3) is 0 Å². The molecule has 28 heavy (non-hydrogen) atoms. The van der Waals surface area contributed by atoms with Crippen molar-refractivity contribution in [3.05, 3.63) is 59.9 Å². The third-order valence-electron chi connectivity index (χ3n) is 5.35. The Labute approximate surface area is 164 Å². The quantitative estimate of drug-likeness (QED) is 0.791. The highest BCUT2D eigenvalue weighted by Gasteiger charge is 2.47. The summed E-state index contributed by atoms with van der Waals surface area (Å²) in [6, 6.07) is 13.3. The van der Waals surface area contributed by atoms with Crippen LogP contribution in [0, 0.1) is 5.82 Å². The molecule has 2 amide bonds. The Kier molecular flexibility index (Phi) is 5.97. The molecule has 1 aliphatic rings. The Morgan fingerprint density at radius 1 is 1.18 bits per heavy atom. The number of nitrogens with zero attached hydrogens (tertiary/aromatic N) is 1. The summed E-state index contributed by atoms with van der Waals surface area (Å²) in [5.41, 5.74) is 0.570. The minimum Gasteiger partial charge on any atom is -0.497 e. The molecule has 0 unspecified atom stereocenters. The van der Waals surface area contributed by atoms with Crippen LogP contribution in [0.4, 0.5) is 10.1 Å². The number of carbonyl (C=O) groups excluding carboxylic acids is 2. The molecule has 5 nitrogen and oxygen atoms in total. The Bertz CT molecular complexity index is 864. The standard InChI is InChI=1S/C22H25FN2O3/c1-3-25(15-20(26)24-18-9-5-10-19(14-18)28-2)21(27)22(11-6-12-22)16-7-4-8-17(23)13-16/h4-5,7-10,13-14H,3,6,11-12,15H2,1-2H3,(H,24,26). The summed E-state index contributed by atoms with van der Waals surface area (Å²) in [5.74, 6) is -0.110. The predicted octanol–water partition coefficient (Wildman–Crippen LogP) is 3.74. The van der Waals surface area contributed by atoms with Crippen molar-refractivity contribution in [3.8, 4) is 5.75 Å². The van der Waals surface area contributed by atoms with Gasteiger partial charge in [0.05, 0.1) is 19.1 Å². The van der Waals surface area contributed by atoms with Crippen LogP contribution in [0.5, 0.6) is 5.75 Å². The fourth-order valence-corrected chi connectivity index (χ4v) is 3.65. The Morgan fingerprint density at radius 2 is 1.93 bits per heavy atom. The fourth-order valence-electron chi connectivity index (χ4n) is 3.65. The van der Waals surface area contributed by atoms with Gasteiger partial charge in [-0.25, -0.2) is 4.39 Å². The first-order valence-electron chi connectivity index (χ1n) is 9.48. The molecule has 2 aromatic carbocycles. The van der Waals surface area contributed by atoms with Crippen LogP contribution >= 0.6 is 0 Å². The van der Waals surface area contributed by atoms with E-state index in [1.807, 2.05) is 6.92 Å². The highest BCUT2D eigenvalue weighted by Crippen LogP contribution is 2.45. The summed E-state index contributed by atoms with van der Waals surface area (Å²) < 4.78 is 18.9. The number of hydrogen-bond acceptors (Lipinski definition) is 3. The average molecular weight is 384 g/mol. The van der Waals surface area contributed by atoms with Crippen molar-refractivity contribution < 1.29 is 18.7 Å². The molecule has 148 valence electrons. The minimum atomic E-state index is -0.728. The molecule has 0 atom stereocenters. The van der Waals surface area contributed by atoms with Crippen LogP contribution in [0.1, 0.15) is 31.7 Å². The highest BCUT2D eigenvalue weighted by molar-refractivity contribution is 5.97. The number of amides is 2. The van der Waals surface area contributed by atoms with E-state index in [0.717, 1.165) is 6.42 Å². The zero-order valence-electron chi connectivity index (χ0n) is 16.2. The molecule has 0 heterocycles. The number of nitrogens with one attached hydrogen (secondary N) is 1. The number of benzene rings is 2. The number of halogens is 1. The number of carbonyl (C=O) groups is 2. The minimum absolute atomic E-state index is 0.0520. The zero-order chi connectivity index (χ0) is 20.1. The maximum absolute atomic E-state index is 13.7. The molecule has 2 aromatic rings. The van der Waals surface area contributed by atoms with Gasteiger partial charge in [-0.15, -0.1) is 0 Å². The van der Waals surface area contributed by atoms with E-state index in [4.69, 9.17) is 4.74 Å². The van der Waals surface area contributed by atoms with Gasteiger partial charge in [-0.2, -0.15) is 0 Å². The monoisotopic (exact) mass is 384 g/mol. The molecule has 3 rings (SSSR count). The molecular weight excluding hydrogens is 359 g/mol. The van der Waals surface area contributed by atoms with E-state index < -0.39 is 5.41 Å². The number of hydrogen-bond donors (Lipinski definition) is 1. The maximum atomic E-state index is 13.7. The lowest BCUT2D eigenvalue weighted by molar-refractivity contribution is -0.143. The van der Waals surface area contributed by atoms with E-state index >= 15 is 0 Å². The van der Waals surface area contributed by atoms with Gasteiger partial charge in [0, 0.05) is 18.3 Å². The van der Waals surface area contributed by atoms with Crippen LogP contribution in [0.2, 0.25) is 0 Å². The fraction of sp³-hybridized carbons (Fsp3) is 0.364. The number of rotatable bonds is 7. The van der Waals surface area contributed by atoms with Gasteiger partial charge in [0.15, 0.2) is 0 Å². The number of methoxy groups -OCH3 is 1. The molecular formula is C22H25FN2O3. The van der Waals surface area contributed by atoms with E-state index in [-0.39, 0.29) is 24.2 Å². The average Bonchev–Trinajstić information content (AvgIpc) is 2.65. The van der Waals surface area contributed by atoms with Crippen molar-refractivity contribution >= 4 is 17.5 Å². The first-order chi connectivity index (χ1) is 13.5. The van der Waals surface area contributed by atoms with E-state index in [1.54, 1.807) is 48.4 Å². The second-order valence-electron chi connectivity index (χ2n) is 7.05. The molecule has 0 bridgehead atoms. The van der Waals surface area contributed by atoms with Gasteiger partial charge >= 0.3 is 0 Å². The lowest BCUT2D eigenvalue weighted by Crippen LogP contribution is -2.52. The summed E-state index contributed by atoms with van der Waals surface area (Å²) in [6.07, 6.45) is 2.25. The predicted molar refractivity (Wildman–Crippen MR) is 106 cm³/mol. The molecule has 0 aromatic heterocycles. The van der Waals surface area contributed by atoms with Gasteiger partial charge in [0.25, 0.3) is 0 Å². The van der Waals surface area contributed by atoms with Gasteiger partial charge in [0.1, 0.15) is 11.6 Å². The van der Waals surface area contributed by atoms with E-state index in [2.05, 4.69) is 5.32 Å². The highest BCUT2D eigenvalue weighted by atomic mass is 19.1. The van der Waals surface area contributed by atoms with E-state index in [9.17, 15) is 14.0 Å².